The van der Waals surface area contributed by atoms with Crippen LogP contribution in [0.25, 0.3) is 5.82 Å². The van der Waals surface area contributed by atoms with Gasteiger partial charge in [-0.2, -0.15) is 0 Å². The largest absolute Gasteiger partial charge is 0.340 e. The van der Waals surface area contributed by atoms with Crippen molar-refractivity contribution >= 4 is 34.4 Å². The third kappa shape index (κ3) is 4.30. The summed E-state index contributed by atoms with van der Waals surface area (Å²) in [6.07, 6.45) is 5.22. The summed E-state index contributed by atoms with van der Waals surface area (Å²) in [5, 5.41) is 7.05. The highest BCUT2D eigenvalue weighted by atomic mass is 32.1. The topological polar surface area (TPSA) is 97.6 Å². The highest BCUT2D eigenvalue weighted by Gasteiger charge is 2.14. The fourth-order valence-electron chi connectivity index (χ4n) is 2.86. The van der Waals surface area contributed by atoms with E-state index in [4.69, 9.17) is 0 Å². The molecule has 8 nitrogen and oxygen atoms in total. The van der Waals surface area contributed by atoms with Gasteiger partial charge in [0.15, 0.2) is 0 Å². The van der Waals surface area contributed by atoms with Crippen LogP contribution in [-0.4, -0.2) is 30.4 Å². The van der Waals surface area contributed by atoms with Gasteiger partial charge in [-0.05, 0) is 45.0 Å². The number of anilines is 3. The number of hydrogen-bond donors (Lipinski definition) is 2. The van der Waals surface area contributed by atoms with Crippen LogP contribution in [-0.2, 0) is 0 Å². The van der Waals surface area contributed by atoms with Crippen molar-refractivity contribution < 1.29 is 4.79 Å². The van der Waals surface area contributed by atoms with Gasteiger partial charge in [-0.15, -0.1) is 11.3 Å². The lowest BCUT2D eigenvalue weighted by Crippen LogP contribution is -2.11. The molecular formula is C20H19N7OS. The van der Waals surface area contributed by atoms with Crippen LogP contribution in [0.1, 0.15) is 26.2 Å². The van der Waals surface area contributed by atoms with Gasteiger partial charge in [-0.25, -0.2) is 19.9 Å². The molecule has 4 rings (SSSR count). The molecule has 29 heavy (non-hydrogen) atoms. The first-order valence-electron chi connectivity index (χ1n) is 8.94. The van der Waals surface area contributed by atoms with Gasteiger partial charge in [0.2, 0.25) is 0 Å². The molecule has 0 aliphatic rings. The summed E-state index contributed by atoms with van der Waals surface area (Å²) in [5.41, 5.74) is 2.31. The van der Waals surface area contributed by atoms with Gasteiger partial charge in [0.25, 0.3) is 5.91 Å². The molecule has 0 aliphatic heterocycles. The van der Waals surface area contributed by atoms with E-state index in [9.17, 15) is 4.79 Å². The van der Waals surface area contributed by atoms with E-state index >= 15 is 0 Å². The maximum atomic E-state index is 12.4. The zero-order valence-electron chi connectivity index (χ0n) is 16.2. The van der Waals surface area contributed by atoms with Crippen molar-refractivity contribution in [3.63, 3.8) is 0 Å². The monoisotopic (exact) mass is 405 g/mol. The Morgan fingerprint density at radius 3 is 2.45 bits per heavy atom. The number of nitrogens with zero attached hydrogens (tertiary/aromatic N) is 5. The van der Waals surface area contributed by atoms with E-state index in [0.29, 0.717) is 22.2 Å². The third-order valence-corrected chi connectivity index (χ3v) is 5.19. The Morgan fingerprint density at radius 2 is 1.79 bits per heavy atom. The first kappa shape index (κ1) is 18.8. The number of thiazole rings is 1. The summed E-state index contributed by atoms with van der Waals surface area (Å²) in [5.74, 6) is 1.91. The number of hydrogen-bond acceptors (Lipinski definition) is 7. The number of aromatic nitrogens is 5. The summed E-state index contributed by atoms with van der Waals surface area (Å²) in [6, 6.07) is 9.30. The summed E-state index contributed by atoms with van der Waals surface area (Å²) in [6.45, 7) is 5.57. The van der Waals surface area contributed by atoms with E-state index in [1.807, 2.05) is 61.9 Å². The lowest BCUT2D eigenvalue weighted by Gasteiger charge is -2.10. The SMILES string of the molecule is Cc1nc(Nc2ccc(NC(=O)c3sc(C)nc3C)cc2)cc(-n2ccnc2)n1. The van der Waals surface area contributed by atoms with Crippen LogP contribution < -0.4 is 10.6 Å². The predicted molar refractivity (Wildman–Crippen MR) is 113 cm³/mol. The van der Waals surface area contributed by atoms with Gasteiger partial charge in [0, 0.05) is 29.8 Å². The summed E-state index contributed by atoms with van der Waals surface area (Å²) in [7, 11) is 0. The predicted octanol–water partition coefficient (Wildman–Crippen LogP) is 4.04. The fourth-order valence-corrected chi connectivity index (χ4v) is 3.67. The number of nitrogens with one attached hydrogen (secondary N) is 2. The van der Waals surface area contributed by atoms with Crippen LogP contribution >= 0.6 is 11.3 Å². The van der Waals surface area contributed by atoms with Crippen molar-refractivity contribution in [2.45, 2.75) is 20.8 Å². The van der Waals surface area contributed by atoms with Crippen molar-refractivity contribution in [1.82, 2.24) is 24.5 Å². The van der Waals surface area contributed by atoms with Crippen LogP contribution in [0, 0.1) is 20.8 Å². The molecule has 0 atom stereocenters. The van der Waals surface area contributed by atoms with E-state index in [0.717, 1.165) is 22.2 Å². The Kier molecular flexibility index (Phi) is 5.05. The van der Waals surface area contributed by atoms with Crippen molar-refractivity contribution in [2.75, 3.05) is 10.6 Å². The number of carbonyl (C=O) groups excluding carboxylic acids is 1. The molecule has 2 N–H and O–H groups in total. The summed E-state index contributed by atoms with van der Waals surface area (Å²) in [4.78, 5) is 30.3. The molecule has 3 aromatic heterocycles. The quantitative estimate of drug-likeness (QED) is 0.520. The van der Waals surface area contributed by atoms with Crippen LogP contribution in [0.3, 0.4) is 0 Å². The van der Waals surface area contributed by atoms with Crippen molar-refractivity contribution in [3.8, 4) is 5.82 Å². The number of imidazole rings is 1. The average Bonchev–Trinajstić information content (AvgIpc) is 3.32. The van der Waals surface area contributed by atoms with Crippen LogP contribution in [0.5, 0.6) is 0 Å². The molecule has 4 aromatic rings. The minimum atomic E-state index is -0.148. The van der Waals surface area contributed by atoms with Gasteiger partial charge in [-0.1, -0.05) is 0 Å². The molecule has 0 radical (unpaired) electrons. The maximum absolute atomic E-state index is 12.4. The highest BCUT2D eigenvalue weighted by Crippen LogP contribution is 2.22. The van der Waals surface area contributed by atoms with E-state index < -0.39 is 0 Å². The number of carbonyl (C=O) groups is 1. The van der Waals surface area contributed by atoms with Crippen molar-refractivity contribution in [2.24, 2.45) is 0 Å². The van der Waals surface area contributed by atoms with Crippen LogP contribution in [0.15, 0.2) is 49.1 Å². The van der Waals surface area contributed by atoms with Gasteiger partial charge >= 0.3 is 0 Å². The Bertz CT molecular complexity index is 1150. The molecule has 0 unspecified atom stereocenters. The van der Waals surface area contributed by atoms with Crippen molar-refractivity contribution in [1.29, 1.82) is 0 Å². The Labute approximate surface area is 171 Å². The molecule has 0 fully saturated rings. The number of aryl methyl sites for hydroxylation is 3. The van der Waals surface area contributed by atoms with E-state index in [-0.39, 0.29) is 5.91 Å². The molecule has 9 heteroatoms. The standard InChI is InChI=1S/C20H19N7OS/c1-12-19(29-14(3)22-12)20(28)26-16-6-4-15(5-7-16)25-17-10-18(24-13(2)23-17)27-9-8-21-11-27/h4-11H,1-3H3,(H,26,28)(H,23,24,25). The normalized spacial score (nSPS) is 10.7. The lowest BCUT2D eigenvalue weighted by molar-refractivity contribution is 0.103. The van der Waals surface area contributed by atoms with Crippen LogP contribution in [0.4, 0.5) is 17.2 Å². The molecule has 0 saturated heterocycles. The molecule has 0 saturated carbocycles. The molecule has 0 spiro atoms. The minimum absolute atomic E-state index is 0.148. The average molecular weight is 405 g/mol. The van der Waals surface area contributed by atoms with E-state index in [2.05, 4.69) is 30.6 Å². The third-order valence-electron chi connectivity index (χ3n) is 4.12. The molecule has 0 bridgehead atoms. The van der Waals surface area contributed by atoms with Gasteiger partial charge in [0.1, 0.15) is 28.7 Å². The zero-order chi connectivity index (χ0) is 20.4. The second-order valence-electron chi connectivity index (χ2n) is 6.43. The Balaban J connectivity index is 1.47. The molecule has 0 aliphatic carbocycles. The number of amides is 1. The minimum Gasteiger partial charge on any atom is -0.340 e. The summed E-state index contributed by atoms with van der Waals surface area (Å²) < 4.78 is 1.82. The number of rotatable bonds is 5. The van der Waals surface area contributed by atoms with E-state index in [1.165, 1.54) is 11.3 Å². The van der Waals surface area contributed by atoms with E-state index in [1.54, 1.807) is 12.5 Å². The second-order valence-corrected chi connectivity index (χ2v) is 7.64. The number of benzene rings is 1. The molecule has 146 valence electrons. The molecule has 1 amide bonds. The summed E-state index contributed by atoms with van der Waals surface area (Å²) >= 11 is 1.39. The highest BCUT2D eigenvalue weighted by molar-refractivity contribution is 7.13. The Morgan fingerprint density at radius 1 is 1.03 bits per heavy atom. The first-order valence-corrected chi connectivity index (χ1v) is 9.76. The lowest BCUT2D eigenvalue weighted by atomic mass is 10.2. The maximum Gasteiger partial charge on any atom is 0.267 e. The first-order chi connectivity index (χ1) is 14.0. The van der Waals surface area contributed by atoms with Crippen LogP contribution in [0.2, 0.25) is 0 Å². The molecule has 1 aromatic carbocycles. The van der Waals surface area contributed by atoms with Gasteiger partial charge in [0.05, 0.1) is 10.7 Å². The molecule has 3 heterocycles. The zero-order valence-corrected chi connectivity index (χ0v) is 17.0. The fraction of sp³-hybridized carbons (Fsp3) is 0.150. The van der Waals surface area contributed by atoms with Crippen molar-refractivity contribution in [3.05, 3.63) is 70.5 Å². The smallest absolute Gasteiger partial charge is 0.267 e. The second kappa shape index (κ2) is 7.80. The van der Waals surface area contributed by atoms with Gasteiger partial charge < -0.3 is 10.6 Å². The Hall–Kier alpha value is -3.59. The van der Waals surface area contributed by atoms with Gasteiger partial charge in [-0.3, -0.25) is 9.36 Å². The molecular weight excluding hydrogens is 386 g/mol.